The fourth-order valence-corrected chi connectivity index (χ4v) is 4.15. The van der Waals surface area contributed by atoms with E-state index in [2.05, 4.69) is 31.2 Å². The smallest absolute Gasteiger partial charge is 0.303 e. The summed E-state index contributed by atoms with van der Waals surface area (Å²) in [5.74, 6) is -0.705. The van der Waals surface area contributed by atoms with E-state index in [4.69, 9.17) is 14.6 Å². The molecule has 0 unspecified atom stereocenters. The van der Waals surface area contributed by atoms with Gasteiger partial charge in [-0.1, -0.05) is 82.2 Å². The van der Waals surface area contributed by atoms with Gasteiger partial charge in [0, 0.05) is 6.42 Å². The minimum Gasteiger partial charge on any atom is -0.481 e. The second-order valence-corrected chi connectivity index (χ2v) is 8.40. The molecule has 1 saturated heterocycles. The van der Waals surface area contributed by atoms with Gasteiger partial charge in [0.1, 0.15) is 0 Å². The summed E-state index contributed by atoms with van der Waals surface area (Å²) in [5, 5.41) is 8.78. The minimum absolute atomic E-state index is 0.158. The molecule has 1 N–H and O–H groups in total. The number of carboxylic acid groups (broad SMARTS) is 1. The van der Waals surface area contributed by atoms with E-state index >= 15 is 0 Å². The summed E-state index contributed by atoms with van der Waals surface area (Å²) in [5.41, 5.74) is 1.21. The fourth-order valence-electron chi connectivity index (χ4n) is 4.15. The highest BCUT2D eigenvalue weighted by atomic mass is 16.5. The molecule has 4 nitrogen and oxygen atoms in total. The molecule has 1 heterocycles. The highest BCUT2D eigenvalue weighted by Crippen LogP contribution is 2.29. The average molecular weight is 405 g/mol. The van der Waals surface area contributed by atoms with Crippen LogP contribution in [0.4, 0.5) is 0 Å². The van der Waals surface area contributed by atoms with Crippen LogP contribution in [0.1, 0.15) is 96.0 Å². The Morgan fingerprint density at radius 2 is 1.83 bits per heavy atom. The largest absolute Gasteiger partial charge is 0.481 e. The SMILES string of the molecule is CCCCCCCC[C@H](OCc1ccccc1)[C@@H]1CC[C@@H](CCCCC(=O)O)O1. The summed E-state index contributed by atoms with van der Waals surface area (Å²) in [6.45, 7) is 2.90. The van der Waals surface area contributed by atoms with E-state index in [1.54, 1.807) is 0 Å². The quantitative estimate of drug-likeness (QED) is 0.319. The predicted octanol–water partition coefficient (Wildman–Crippen LogP) is 6.52. The number of hydrogen-bond acceptors (Lipinski definition) is 3. The molecule has 29 heavy (non-hydrogen) atoms. The van der Waals surface area contributed by atoms with Crippen LogP contribution in [0.3, 0.4) is 0 Å². The van der Waals surface area contributed by atoms with Crippen molar-refractivity contribution in [3.8, 4) is 0 Å². The molecular weight excluding hydrogens is 364 g/mol. The monoisotopic (exact) mass is 404 g/mol. The molecule has 3 atom stereocenters. The van der Waals surface area contributed by atoms with Crippen LogP contribution < -0.4 is 0 Å². The first-order valence-corrected chi connectivity index (χ1v) is 11.7. The highest BCUT2D eigenvalue weighted by molar-refractivity contribution is 5.66. The van der Waals surface area contributed by atoms with Crippen molar-refractivity contribution in [1.29, 1.82) is 0 Å². The van der Waals surface area contributed by atoms with Crippen molar-refractivity contribution in [3.05, 3.63) is 35.9 Å². The van der Waals surface area contributed by atoms with E-state index in [0.717, 1.165) is 38.5 Å². The molecule has 1 aromatic rings. The van der Waals surface area contributed by atoms with Crippen LogP contribution in [-0.2, 0) is 20.9 Å². The lowest BCUT2D eigenvalue weighted by atomic mass is 10.0. The Balaban J connectivity index is 1.76. The van der Waals surface area contributed by atoms with Gasteiger partial charge in [0.15, 0.2) is 0 Å². The molecule has 0 bridgehead atoms. The van der Waals surface area contributed by atoms with Crippen LogP contribution in [0.5, 0.6) is 0 Å². The summed E-state index contributed by atoms with van der Waals surface area (Å²) in [4.78, 5) is 10.7. The summed E-state index contributed by atoms with van der Waals surface area (Å²) in [7, 11) is 0. The molecule has 1 aliphatic heterocycles. The first kappa shape index (κ1) is 23.9. The summed E-state index contributed by atoms with van der Waals surface area (Å²) in [6, 6.07) is 10.4. The molecule has 0 amide bonds. The van der Waals surface area contributed by atoms with Crippen molar-refractivity contribution < 1.29 is 19.4 Å². The lowest BCUT2D eigenvalue weighted by molar-refractivity contribution is -0.137. The molecule has 0 aliphatic carbocycles. The Morgan fingerprint density at radius 1 is 1.07 bits per heavy atom. The normalized spacial score (nSPS) is 20.0. The third-order valence-corrected chi connectivity index (χ3v) is 5.87. The summed E-state index contributed by atoms with van der Waals surface area (Å²) in [6.07, 6.45) is 14.4. The van der Waals surface area contributed by atoms with E-state index in [9.17, 15) is 4.79 Å². The van der Waals surface area contributed by atoms with Gasteiger partial charge in [0.05, 0.1) is 24.9 Å². The minimum atomic E-state index is -0.705. The van der Waals surface area contributed by atoms with Crippen molar-refractivity contribution in [3.63, 3.8) is 0 Å². The summed E-state index contributed by atoms with van der Waals surface area (Å²) < 4.78 is 12.7. The summed E-state index contributed by atoms with van der Waals surface area (Å²) >= 11 is 0. The standard InChI is InChI=1S/C25H40O4/c1-2-3-4-5-6-10-16-23(28-20-21-13-8-7-9-14-21)24-19-18-22(29-24)15-11-12-17-25(26)27/h7-9,13-14,22-24H,2-6,10-12,15-20H2,1H3,(H,26,27)/t22-,23+,24+/m1/s1. The second-order valence-electron chi connectivity index (χ2n) is 8.40. The van der Waals surface area contributed by atoms with Crippen LogP contribution >= 0.6 is 0 Å². The molecule has 0 saturated carbocycles. The van der Waals surface area contributed by atoms with Gasteiger partial charge in [-0.3, -0.25) is 4.79 Å². The van der Waals surface area contributed by atoms with E-state index in [0.29, 0.717) is 6.61 Å². The second kappa shape index (κ2) is 14.6. The molecule has 0 spiro atoms. The third-order valence-electron chi connectivity index (χ3n) is 5.87. The molecule has 1 fully saturated rings. The first-order valence-electron chi connectivity index (χ1n) is 11.7. The number of hydrogen-bond donors (Lipinski definition) is 1. The van der Waals surface area contributed by atoms with Gasteiger partial charge in [-0.05, 0) is 37.7 Å². The van der Waals surface area contributed by atoms with E-state index < -0.39 is 5.97 Å². The lowest BCUT2D eigenvalue weighted by Gasteiger charge is -2.25. The topological polar surface area (TPSA) is 55.8 Å². The number of unbranched alkanes of at least 4 members (excludes halogenated alkanes) is 6. The Kier molecular flexibility index (Phi) is 12.0. The van der Waals surface area contributed by atoms with Crippen LogP contribution in [0, 0.1) is 0 Å². The predicted molar refractivity (Wildman–Crippen MR) is 117 cm³/mol. The van der Waals surface area contributed by atoms with E-state index in [-0.39, 0.29) is 24.7 Å². The van der Waals surface area contributed by atoms with Crippen molar-refractivity contribution in [2.45, 2.75) is 115 Å². The maximum Gasteiger partial charge on any atom is 0.303 e. The van der Waals surface area contributed by atoms with Crippen molar-refractivity contribution in [2.24, 2.45) is 0 Å². The number of benzene rings is 1. The maximum absolute atomic E-state index is 10.7. The zero-order valence-corrected chi connectivity index (χ0v) is 18.2. The molecular formula is C25H40O4. The van der Waals surface area contributed by atoms with Crippen LogP contribution in [0.15, 0.2) is 30.3 Å². The van der Waals surface area contributed by atoms with Gasteiger partial charge < -0.3 is 14.6 Å². The lowest BCUT2D eigenvalue weighted by Crippen LogP contribution is -2.29. The van der Waals surface area contributed by atoms with Crippen molar-refractivity contribution in [2.75, 3.05) is 0 Å². The Morgan fingerprint density at radius 3 is 2.59 bits per heavy atom. The van der Waals surface area contributed by atoms with Crippen LogP contribution in [-0.4, -0.2) is 29.4 Å². The fraction of sp³-hybridized carbons (Fsp3) is 0.720. The third kappa shape index (κ3) is 10.3. The zero-order valence-electron chi connectivity index (χ0n) is 18.2. The van der Waals surface area contributed by atoms with Crippen LogP contribution in [0.25, 0.3) is 0 Å². The van der Waals surface area contributed by atoms with Gasteiger partial charge in [-0.25, -0.2) is 0 Å². The first-order chi connectivity index (χ1) is 14.2. The number of carbonyl (C=O) groups is 1. The van der Waals surface area contributed by atoms with Gasteiger partial charge in [-0.2, -0.15) is 0 Å². The number of carboxylic acids is 1. The number of aliphatic carboxylic acids is 1. The maximum atomic E-state index is 10.7. The number of ether oxygens (including phenoxy) is 2. The zero-order chi connectivity index (χ0) is 20.7. The van der Waals surface area contributed by atoms with Gasteiger partial charge in [0.2, 0.25) is 0 Å². The van der Waals surface area contributed by atoms with Crippen LogP contribution in [0.2, 0.25) is 0 Å². The molecule has 4 heteroatoms. The van der Waals surface area contributed by atoms with Gasteiger partial charge in [-0.15, -0.1) is 0 Å². The molecule has 164 valence electrons. The molecule has 1 aliphatic rings. The van der Waals surface area contributed by atoms with Crippen molar-refractivity contribution in [1.82, 2.24) is 0 Å². The Bertz CT molecular complexity index is 545. The highest BCUT2D eigenvalue weighted by Gasteiger charge is 2.31. The molecule has 0 radical (unpaired) electrons. The molecule has 2 rings (SSSR count). The van der Waals surface area contributed by atoms with Gasteiger partial charge >= 0.3 is 5.97 Å². The molecule has 0 aromatic heterocycles. The number of rotatable bonds is 16. The van der Waals surface area contributed by atoms with Gasteiger partial charge in [0.25, 0.3) is 0 Å². The van der Waals surface area contributed by atoms with E-state index in [1.165, 1.54) is 44.1 Å². The Hall–Kier alpha value is -1.39. The van der Waals surface area contributed by atoms with E-state index in [1.807, 2.05) is 6.07 Å². The molecule has 1 aromatic carbocycles. The average Bonchev–Trinajstić information content (AvgIpc) is 3.19. The van der Waals surface area contributed by atoms with Crippen molar-refractivity contribution >= 4 is 5.97 Å². The Labute approximate surface area is 177 Å².